The average molecular weight is 509 g/mol. The first-order valence-electron chi connectivity index (χ1n) is 13.2. The van der Waals surface area contributed by atoms with Crippen LogP contribution in [0.1, 0.15) is 70.9 Å². The van der Waals surface area contributed by atoms with Crippen molar-refractivity contribution in [3.05, 3.63) is 76.9 Å². The van der Waals surface area contributed by atoms with E-state index in [1.807, 2.05) is 62.4 Å². The molecule has 2 aliphatic rings. The van der Waals surface area contributed by atoms with Gasteiger partial charge in [-0.05, 0) is 67.7 Å². The van der Waals surface area contributed by atoms with Gasteiger partial charge in [0.05, 0.1) is 22.4 Å². The van der Waals surface area contributed by atoms with E-state index in [0.717, 1.165) is 59.5 Å². The van der Waals surface area contributed by atoms with E-state index in [2.05, 4.69) is 9.72 Å². The highest BCUT2D eigenvalue weighted by Crippen LogP contribution is 2.41. The van der Waals surface area contributed by atoms with Gasteiger partial charge in [-0.1, -0.05) is 43.5 Å². The lowest BCUT2D eigenvalue weighted by molar-refractivity contribution is -0.149. The molecular formula is C31H28N2O5. The Kier molecular flexibility index (Phi) is 6.06. The minimum atomic E-state index is -0.428. The minimum Gasteiger partial charge on any atom is -0.432 e. The molecule has 192 valence electrons. The highest BCUT2D eigenvalue weighted by atomic mass is 16.7. The van der Waals surface area contributed by atoms with Gasteiger partial charge in [0.2, 0.25) is 0 Å². The van der Waals surface area contributed by atoms with Gasteiger partial charge in [0.25, 0.3) is 5.78 Å². The van der Waals surface area contributed by atoms with Crippen molar-refractivity contribution in [2.45, 2.75) is 52.5 Å². The summed E-state index contributed by atoms with van der Waals surface area (Å²) in [5.41, 5.74) is 4.29. The smallest absolute Gasteiger partial charge is 0.338 e. The van der Waals surface area contributed by atoms with Crippen LogP contribution in [-0.2, 0) is 16.2 Å². The van der Waals surface area contributed by atoms with Crippen molar-refractivity contribution in [2.24, 2.45) is 11.1 Å². The standard InChI is InChI=1S/C31H28N2O5/c1-3-33-24-15-13-20(27(34)21-12-8-7-9-18(21)2)17-23(24)26-25(33)16-14-22-28(35)30(37-29(22)26)32-38-31(36)19-10-5-4-6-11-19/h7-9,12-17,19H,3-6,10-11H2,1-2H3. The maximum atomic E-state index is 13.4. The van der Waals surface area contributed by atoms with Gasteiger partial charge >= 0.3 is 11.9 Å². The lowest BCUT2D eigenvalue weighted by Crippen LogP contribution is -2.20. The Labute approximate surface area is 220 Å². The van der Waals surface area contributed by atoms with E-state index in [9.17, 15) is 14.4 Å². The highest BCUT2D eigenvalue weighted by molar-refractivity contribution is 6.47. The van der Waals surface area contributed by atoms with Crippen LogP contribution < -0.4 is 4.74 Å². The van der Waals surface area contributed by atoms with Gasteiger partial charge in [0.15, 0.2) is 11.5 Å². The molecule has 1 aliphatic carbocycles. The molecule has 6 rings (SSSR count). The second kappa shape index (κ2) is 9.56. The summed E-state index contributed by atoms with van der Waals surface area (Å²) in [5.74, 6) is -0.979. The molecule has 1 saturated carbocycles. The zero-order chi connectivity index (χ0) is 26.4. The predicted molar refractivity (Wildman–Crippen MR) is 145 cm³/mol. The van der Waals surface area contributed by atoms with Crippen LogP contribution in [0.15, 0.2) is 59.8 Å². The Morgan fingerprint density at radius 1 is 1.03 bits per heavy atom. The fourth-order valence-corrected chi connectivity index (χ4v) is 5.73. The van der Waals surface area contributed by atoms with Crippen LogP contribution in [0.3, 0.4) is 0 Å². The Bertz CT molecular complexity index is 1660. The molecule has 1 aromatic heterocycles. The highest BCUT2D eigenvalue weighted by Gasteiger charge is 2.34. The van der Waals surface area contributed by atoms with Crippen molar-refractivity contribution < 1.29 is 24.0 Å². The van der Waals surface area contributed by atoms with E-state index in [4.69, 9.17) is 9.57 Å². The van der Waals surface area contributed by atoms with Crippen molar-refractivity contribution in [3.8, 4) is 5.75 Å². The number of ketones is 2. The molecule has 1 fully saturated rings. The van der Waals surface area contributed by atoms with E-state index >= 15 is 0 Å². The molecular weight excluding hydrogens is 480 g/mol. The second-order valence-electron chi connectivity index (χ2n) is 10.0. The van der Waals surface area contributed by atoms with Gasteiger partial charge in [-0.2, -0.15) is 0 Å². The molecule has 7 heteroatoms. The number of ether oxygens (including phenoxy) is 1. The monoisotopic (exact) mass is 508 g/mol. The number of hydrogen-bond donors (Lipinski definition) is 0. The molecule has 1 aliphatic heterocycles. The van der Waals surface area contributed by atoms with Crippen LogP contribution >= 0.6 is 0 Å². The summed E-state index contributed by atoms with van der Waals surface area (Å²) in [6.45, 7) is 4.66. The van der Waals surface area contributed by atoms with E-state index in [-0.39, 0.29) is 17.6 Å². The van der Waals surface area contributed by atoms with Crippen LogP contribution in [0.25, 0.3) is 21.8 Å². The van der Waals surface area contributed by atoms with E-state index in [1.165, 1.54) is 0 Å². The summed E-state index contributed by atoms with van der Waals surface area (Å²) >= 11 is 0. The first-order chi connectivity index (χ1) is 18.5. The first-order valence-corrected chi connectivity index (χ1v) is 13.2. The van der Waals surface area contributed by atoms with Crippen LogP contribution in [0, 0.1) is 12.8 Å². The molecule has 0 N–H and O–H groups in total. The maximum Gasteiger partial charge on any atom is 0.338 e. The van der Waals surface area contributed by atoms with Gasteiger partial charge in [-0.25, -0.2) is 4.79 Å². The molecule has 7 nitrogen and oxygen atoms in total. The van der Waals surface area contributed by atoms with Crippen molar-refractivity contribution in [3.63, 3.8) is 0 Å². The fourth-order valence-electron chi connectivity index (χ4n) is 5.73. The molecule has 0 atom stereocenters. The van der Waals surface area contributed by atoms with Gasteiger partial charge in [-0.15, -0.1) is 0 Å². The molecule has 38 heavy (non-hydrogen) atoms. The number of aromatic nitrogens is 1. The summed E-state index contributed by atoms with van der Waals surface area (Å²) in [4.78, 5) is 44.1. The lowest BCUT2D eigenvalue weighted by Gasteiger charge is -2.17. The van der Waals surface area contributed by atoms with Crippen LogP contribution in [0.5, 0.6) is 5.75 Å². The number of carbonyl (C=O) groups is 3. The number of hydrogen-bond acceptors (Lipinski definition) is 6. The van der Waals surface area contributed by atoms with Gasteiger partial charge in [0.1, 0.15) is 0 Å². The Balaban J connectivity index is 1.42. The Morgan fingerprint density at radius 3 is 2.55 bits per heavy atom. The fraction of sp³-hybridized carbons (Fsp3) is 0.290. The SMILES string of the molecule is CCn1c2ccc(C(=O)c3ccccc3C)cc2c2c3c(ccc21)C(=O)C(=NOC(=O)C1CCCCC1)O3. The van der Waals surface area contributed by atoms with Crippen molar-refractivity contribution in [1.29, 1.82) is 0 Å². The molecule has 0 amide bonds. The summed E-state index contributed by atoms with van der Waals surface area (Å²) in [6, 6.07) is 16.8. The molecule has 3 aromatic carbocycles. The normalized spacial score (nSPS) is 16.7. The molecule has 0 spiro atoms. The summed E-state index contributed by atoms with van der Waals surface area (Å²) in [5, 5.41) is 5.38. The van der Waals surface area contributed by atoms with E-state index < -0.39 is 11.8 Å². The quantitative estimate of drug-likeness (QED) is 0.178. The average Bonchev–Trinajstić information content (AvgIpc) is 3.45. The Hall–Kier alpha value is -4.26. The topological polar surface area (TPSA) is 87.0 Å². The number of oxime groups is 1. The summed E-state index contributed by atoms with van der Waals surface area (Å²) in [6.07, 6.45) is 4.66. The number of rotatable bonds is 5. The van der Waals surface area contributed by atoms with Crippen LogP contribution in [0.2, 0.25) is 0 Å². The molecule has 0 bridgehead atoms. The molecule has 0 radical (unpaired) electrons. The van der Waals surface area contributed by atoms with E-state index in [0.29, 0.717) is 29.0 Å². The summed E-state index contributed by atoms with van der Waals surface area (Å²) < 4.78 is 8.09. The predicted octanol–water partition coefficient (Wildman–Crippen LogP) is 6.37. The number of fused-ring (bicyclic) bond motifs is 5. The molecule has 0 saturated heterocycles. The molecule has 4 aromatic rings. The zero-order valence-corrected chi connectivity index (χ0v) is 21.5. The minimum absolute atomic E-state index is 0.0659. The number of aryl methyl sites for hydroxylation is 2. The molecule has 0 unspecified atom stereocenters. The summed E-state index contributed by atoms with van der Waals surface area (Å²) in [7, 11) is 0. The van der Waals surface area contributed by atoms with Crippen molar-refractivity contribution in [1.82, 2.24) is 4.57 Å². The Morgan fingerprint density at radius 2 is 1.79 bits per heavy atom. The third kappa shape index (κ3) is 3.90. The van der Waals surface area contributed by atoms with Crippen LogP contribution in [0.4, 0.5) is 0 Å². The number of benzene rings is 3. The van der Waals surface area contributed by atoms with Gasteiger partial charge in [-0.3, -0.25) is 9.59 Å². The zero-order valence-electron chi connectivity index (χ0n) is 21.5. The third-order valence-corrected chi connectivity index (χ3v) is 7.75. The number of carbonyl (C=O) groups excluding carboxylic acids is 3. The third-order valence-electron chi connectivity index (χ3n) is 7.75. The van der Waals surface area contributed by atoms with Gasteiger partial charge < -0.3 is 14.1 Å². The van der Waals surface area contributed by atoms with E-state index in [1.54, 1.807) is 6.07 Å². The maximum absolute atomic E-state index is 13.4. The molecule has 2 heterocycles. The second-order valence-corrected chi connectivity index (χ2v) is 10.0. The van der Waals surface area contributed by atoms with Crippen molar-refractivity contribution in [2.75, 3.05) is 0 Å². The number of Topliss-reactive ketones (excluding diaryl/α,β-unsaturated/α-hetero) is 1. The van der Waals surface area contributed by atoms with Gasteiger partial charge in [0, 0.05) is 28.6 Å². The van der Waals surface area contributed by atoms with Crippen molar-refractivity contribution >= 4 is 45.2 Å². The first kappa shape index (κ1) is 24.1. The lowest BCUT2D eigenvalue weighted by atomic mass is 9.89. The largest absolute Gasteiger partial charge is 0.432 e. The number of nitrogens with zero attached hydrogens (tertiary/aromatic N) is 2. The van der Waals surface area contributed by atoms with Crippen LogP contribution in [-0.4, -0.2) is 28.0 Å².